The van der Waals surface area contributed by atoms with Gasteiger partial charge in [0.05, 0.1) is 0 Å². The Bertz CT molecular complexity index is 567. The maximum absolute atomic E-state index is 8.92. The van der Waals surface area contributed by atoms with Crippen LogP contribution in [0.25, 0.3) is 5.57 Å². The maximum atomic E-state index is 8.92. The van der Waals surface area contributed by atoms with Crippen molar-refractivity contribution in [3.63, 3.8) is 0 Å². The molecule has 0 fully saturated rings. The van der Waals surface area contributed by atoms with Crippen molar-refractivity contribution in [2.24, 2.45) is 0 Å². The summed E-state index contributed by atoms with van der Waals surface area (Å²) in [5.74, 6) is 0. The first kappa shape index (κ1) is 10.5. The molecule has 0 atom stereocenters. The second-order valence-electron chi connectivity index (χ2n) is 3.37. The van der Waals surface area contributed by atoms with Gasteiger partial charge < -0.3 is 0 Å². The summed E-state index contributed by atoms with van der Waals surface area (Å²) < 4.78 is 0. The molecule has 2 nitrogen and oxygen atoms in total. The van der Waals surface area contributed by atoms with Crippen molar-refractivity contribution in [2.75, 3.05) is 0 Å². The number of rotatable bonds is 0. The third kappa shape index (κ3) is 1.74. The smallest absolute Gasteiger partial charge is 0.137 e. The Labute approximate surface area is 98.5 Å². The molecule has 3 heteroatoms. The fraction of sp³-hybridized carbons (Fsp3) is 0.0769. The maximum Gasteiger partial charge on any atom is 0.137 e. The van der Waals surface area contributed by atoms with Crippen LogP contribution < -0.4 is 0 Å². The molecular formula is C13H8N2S. The lowest BCUT2D eigenvalue weighted by atomic mass is 10.00. The Morgan fingerprint density at radius 2 is 1.88 bits per heavy atom. The van der Waals surface area contributed by atoms with E-state index in [2.05, 4.69) is 0 Å². The number of fused-ring (bicyclic) bond motifs is 1. The summed E-state index contributed by atoms with van der Waals surface area (Å²) in [5.41, 5.74) is 1.88. The van der Waals surface area contributed by atoms with Crippen LogP contribution in [0, 0.1) is 22.7 Å². The quantitative estimate of drug-likeness (QED) is 0.634. The van der Waals surface area contributed by atoms with Crippen LogP contribution in [0.3, 0.4) is 0 Å². The average molecular weight is 224 g/mol. The highest BCUT2D eigenvalue weighted by molar-refractivity contribution is 8.03. The van der Waals surface area contributed by atoms with E-state index in [-0.39, 0.29) is 5.57 Å². The molecule has 1 heterocycles. The van der Waals surface area contributed by atoms with Gasteiger partial charge in [0.1, 0.15) is 17.7 Å². The van der Waals surface area contributed by atoms with Gasteiger partial charge in [0.25, 0.3) is 0 Å². The van der Waals surface area contributed by atoms with E-state index in [9.17, 15) is 0 Å². The van der Waals surface area contributed by atoms with Crippen LogP contribution in [-0.4, -0.2) is 0 Å². The van der Waals surface area contributed by atoms with Crippen molar-refractivity contribution in [1.29, 1.82) is 10.5 Å². The molecule has 0 unspecified atom stereocenters. The van der Waals surface area contributed by atoms with Gasteiger partial charge in [-0.2, -0.15) is 10.5 Å². The number of nitrogens with zero attached hydrogens (tertiary/aromatic N) is 2. The first-order valence-electron chi connectivity index (χ1n) is 4.76. The van der Waals surface area contributed by atoms with Crippen molar-refractivity contribution < 1.29 is 0 Å². The molecule has 0 amide bonds. The lowest BCUT2D eigenvalue weighted by Crippen LogP contribution is -1.94. The van der Waals surface area contributed by atoms with Crippen molar-refractivity contribution in [3.8, 4) is 12.1 Å². The SMILES string of the molecule is CC1=CC(=C(C#N)C#N)c2ccccc2S1. The number of hydrogen-bond acceptors (Lipinski definition) is 3. The van der Waals surface area contributed by atoms with Crippen LogP contribution in [0.1, 0.15) is 12.5 Å². The number of allylic oxidation sites excluding steroid dienone is 4. The zero-order chi connectivity index (χ0) is 11.5. The van der Waals surface area contributed by atoms with E-state index in [1.807, 2.05) is 49.4 Å². The topological polar surface area (TPSA) is 47.6 Å². The van der Waals surface area contributed by atoms with Gasteiger partial charge in [0.15, 0.2) is 0 Å². The summed E-state index contributed by atoms with van der Waals surface area (Å²) in [4.78, 5) is 2.19. The Morgan fingerprint density at radius 1 is 1.19 bits per heavy atom. The summed E-state index contributed by atoms with van der Waals surface area (Å²) >= 11 is 1.66. The second-order valence-corrected chi connectivity index (χ2v) is 4.65. The average Bonchev–Trinajstić information content (AvgIpc) is 2.30. The molecule has 1 aliphatic heterocycles. The molecule has 16 heavy (non-hydrogen) atoms. The van der Waals surface area contributed by atoms with Crippen LogP contribution in [0.15, 0.2) is 45.7 Å². The molecule has 0 bridgehead atoms. The van der Waals surface area contributed by atoms with Gasteiger partial charge in [-0.1, -0.05) is 30.0 Å². The van der Waals surface area contributed by atoms with E-state index >= 15 is 0 Å². The molecule has 0 saturated heterocycles. The van der Waals surface area contributed by atoms with Crippen LogP contribution in [0.2, 0.25) is 0 Å². The van der Waals surface area contributed by atoms with E-state index in [1.54, 1.807) is 11.8 Å². The highest BCUT2D eigenvalue weighted by atomic mass is 32.2. The van der Waals surface area contributed by atoms with E-state index in [0.29, 0.717) is 0 Å². The summed E-state index contributed by atoms with van der Waals surface area (Å²) in [6, 6.07) is 11.7. The van der Waals surface area contributed by atoms with Crippen LogP contribution in [0.5, 0.6) is 0 Å². The predicted molar refractivity (Wildman–Crippen MR) is 64.2 cm³/mol. The highest BCUT2D eigenvalue weighted by Crippen LogP contribution is 2.40. The number of hydrogen-bond donors (Lipinski definition) is 0. The zero-order valence-corrected chi connectivity index (χ0v) is 9.51. The van der Waals surface area contributed by atoms with Crippen molar-refractivity contribution in [1.82, 2.24) is 0 Å². The number of thioether (sulfide) groups is 1. The van der Waals surface area contributed by atoms with Gasteiger partial charge in [0.2, 0.25) is 0 Å². The molecule has 76 valence electrons. The highest BCUT2D eigenvalue weighted by Gasteiger charge is 2.16. The monoisotopic (exact) mass is 224 g/mol. The third-order valence-electron chi connectivity index (χ3n) is 2.29. The summed E-state index contributed by atoms with van der Waals surface area (Å²) in [6.45, 7) is 1.98. The lowest BCUT2D eigenvalue weighted by Gasteiger charge is -2.16. The molecule has 0 saturated carbocycles. The van der Waals surface area contributed by atoms with Crippen LogP contribution in [-0.2, 0) is 0 Å². The first-order valence-corrected chi connectivity index (χ1v) is 5.58. The van der Waals surface area contributed by atoms with Crippen LogP contribution in [0.4, 0.5) is 0 Å². The van der Waals surface area contributed by atoms with Gasteiger partial charge in [-0.25, -0.2) is 0 Å². The molecule has 0 N–H and O–H groups in total. The Morgan fingerprint density at radius 3 is 2.56 bits per heavy atom. The van der Waals surface area contributed by atoms with Gasteiger partial charge in [-0.15, -0.1) is 0 Å². The van der Waals surface area contributed by atoms with Crippen molar-refractivity contribution >= 4 is 17.3 Å². The van der Waals surface area contributed by atoms with Crippen LogP contribution >= 0.6 is 11.8 Å². The van der Waals surface area contributed by atoms with Crippen molar-refractivity contribution in [3.05, 3.63) is 46.4 Å². The van der Waals surface area contributed by atoms with Gasteiger partial charge in [-0.3, -0.25) is 0 Å². The number of nitriles is 2. The van der Waals surface area contributed by atoms with Gasteiger partial charge in [0, 0.05) is 10.5 Å². The van der Waals surface area contributed by atoms with Gasteiger partial charge >= 0.3 is 0 Å². The molecule has 1 aliphatic rings. The second kappa shape index (κ2) is 4.26. The summed E-state index contributed by atoms with van der Waals surface area (Å²) in [7, 11) is 0. The minimum Gasteiger partial charge on any atom is -0.192 e. The molecule has 0 aromatic heterocycles. The predicted octanol–water partition coefficient (Wildman–Crippen LogP) is 3.50. The van der Waals surface area contributed by atoms with E-state index < -0.39 is 0 Å². The molecule has 0 radical (unpaired) electrons. The van der Waals surface area contributed by atoms with Crippen molar-refractivity contribution in [2.45, 2.75) is 11.8 Å². The molecule has 0 aliphatic carbocycles. The Balaban J connectivity index is 2.72. The lowest BCUT2D eigenvalue weighted by molar-refractivity contribution is 1.37. The minimum atomic E-state index is 0.173. The molecule has 2 rings (SSSR count). The van der Waals surface area contributed by atoms with Gasteiger partial charge in [-0.05, 0) is 29.5 Å². The first-order chi connectivity index (χ1) is 7.76. The Hall–Kier alpha value is -1.97. The summed E-state index contributed by atoms with van der Waals surface area (Å²) in [5, 5.41) is 17.8. The van der Waals surface area contributed by atoms with E-state index in [0.717, 1.165) is 20.9 Å². The molecule has 1 aromatic carbocycles. The normalized spacial score (nSPS) is 13.2. The van der Waals surface area contributed by atoms with E-state index in [1.165, 1.54) is 0 Å². The molecular weight excluding hydrogens is 216 g/mol. The fourth-order valence-corrected chi connectivity index (χ4v) is 2.57. The fourth-order valence-electron chi connectivity index (χ4n) is 1.61. The molecule has 1 aromatic rings. The molecule has 0 spiro atoms. The number of benzene rings is 1. The zero-order valence-electron chi connectivity index (χ0n) is 8.69. The summed E-state index contributed by atoms with van der Waals surface area (Å²) in [6.07, 6.45) is 1.90. The van der Waals surface area contributed by atoms with E-state index in [4.69, 9.17) is 10.5 Å². The third-order valence-corrected chi connectivity index (χ3v) is 3.30. The largest absolute Gasteiger partial charge is 0.192 e. The minimum absolute atomic E-state index is 0.173. The standard InChI is InChI=1S/C13H8N2S/c1-9-6-12(10(7-14)8-15)11-4-2-3-5-13(11)16-9/h2-6H,1H3. The Kier molecular flexibility index (Phi) is 2.81.